The van der Waals surface area contributed by atoms with E-state index in [9.17, 15) is 14.9 Å². The molecule has 0 N–H and O–H groups in total. The largest absolute Gasteiger partial charge is 0.457 e. The predicted octanol–water partition coefficient (Wildman–Crippen LogP) is 4.06. The van der Waals surface area contributed by atoms with Crippen molar-refractivity contribution >= 4 is 12.3 Å². The average molecular weight is 349 g/mol. The molecule has 0 bridgehead atoms. The smallest absolute Gasteiger partial charge is 0.311 e. The first-order valence-corrected chi connectivity index (χ1v) is 8.35. The van der Waals surface area contributed by atoms with Gasteiger partial charge in [-0.3, -0.25) is 4.79 Å². The van der Waals surface area contributed by atoms with Crippen LogP contribution in [0.4, 0.5) is 0 Å². The number of aldehydes is 1. The van der Waals surface area contributed by atoms with Crippen LogP contribution >= 0.6 is 0 Å². The third-order valence-electron chi connectivity index (χ3n) is 4.80. The molecule has 1 aliphatic carbocycles. The van der Waals surface area contributed by atoms with Gasteiger partial charge in [0.1, 0.15) is 23.9 Å². The van der Waals surface area contributed by atoms with Crippen LogP contribution in [0.1, 0.15) is 25.5 Å². The summed E-state index contributed by atoms with van der Waals surface area (Å²) in [5, 5.41) is 9.43. The van der Waals surface area contributed by atoms with Crippen LogP contribution in [0.25, 0.3) is 0 Å². The van der Waals surface area contributed by atoms with Crippen LogP contribution < -0.4 is 4.74 Å². The van der Waals surface area contributed by atoms with Crippen LogP contribution in [0.15, 0.2) is 54.6 Å². The Morgan fingerprint density at radius 3 is 2.46 bits per heavy atom. The number of hydrogen-bond acceptors (Lipinski definition) is 5. The van der Waals surface area contributed by atoms with E-state index in [1.54, 1.807) is 24.3 Å². The molecule has 5 nitrogen and oxygen atoms in total. The van der Waals surface area contributed by atoms with Gasteiger partial charge in [0.25, 0.3) is 0 Å². The number of benzene rings is 2. The topological polar surface area (TPSA) is 76.4 Å². The monoisotopic (exact) mass is 349 g/mol. The summed E-state index contributed by atoms with van der Waals surface area (Å²) in [5.74, 6) is -0.166. The molecule has 0 spiro atoms. The van der Waals surface area contributed by atoms with Crippen molar-refractivity contribution in [3.8, 4) is 17.6 Å². The van der Waals surface area contributed by atoms with Crippen molar-refractivity contribution in [1.29, 1.82) is 5.26 Å². The van der Waals surface area contributed by atoms with E-state index in [0.29, 0.717) is 17.1 Å². The molecule has 5 heteroatoms. The van der Waals surface area contributed by atoms with Crippen LogP contribution in [-0.2, 0) is 14.3 Å². The second-order valence-electron chi connectivity index (χ2n) is 6.89. The minimum atomic E-state index is -1.05. The fourth-order valence-electron chi connectivity index (χ4n) is 3.11. The van der Waals surface area contributed by atoms with Crippen molar-refractivity contribution in [2.24, 2.45) is 17.3 Å². The summed E-state index contributed by atoms with van der Waals surface area (Å²) >= 11 is 0. The van der Waals surface area contributed by atoms with E-state index in [0.717, 1.165) is 6.29 Å². The number of hydrogen-bond donors (Lipinski definition) is 0. The zero-order valence-electron chi connectivity index (χ0n) is 14.6. The molecule has 26 heavy (non-hydrogen) atoms. The molecule has 132 valence electrons. The highest BCUT2D eigenvalue weighted by molar-refractivity contribution is 5.84. The van der Waals surface area contributed by atoms with Crippen LogP contribution in [-0.4, -0.2) is 12.3 Å². The normalized spacial score (nSPS) is 21.1. The zero-order chi connectivity index (χ0) is 18.7. The van der Waals surface area contributed by atoms with Crippen molar-refractivity contribution < 1.29 is 19.1 Å². The first-order chi connectivity index (χ1) is 12.5. The molecule has 3 rings (SSSR count). The van der Waals surface area contributed by atoms with Gasteiger partial charge in [0, 0.05) is 11.5 Å². The van der Waals surface area contributed by atoms with Crippen LogP contribution in [0.5, 0.6) is 11.5 Å². The molecular formula is C21H19NO4. The van der Waals surface area contributed by atoms with Crippen molar-refractivity contribution in [2.45, 2.75) is 20.0 Å². The molecule has 0 aliphatic heterocycles. The number of nitriles is 1. The summed E-state index contributed by atoms with van der Waals surface area (Å²) < 4.78 is 11.1. The summed E-state index contributed by atoms with van der Waals surface area (Å²) in [7, 11) is 0. The summed E-state index contributed by atoms with van der Waals surface area (Å²) in [4.78, 5) is 23.4. The van der Waals surface area contributed by atoms with E-state index < -0.39 is 23.4 Å². The number of nitrogens with zero attached hydrogens (tertiary/aromatic N) is 1. The maximum atomic E-state index is 12.3. The Kier molecular flexibility index (Phi) is 4.77. The van der Waals surface area contributed by atoms with Crippen molar-refractivity contribution in [3.05, 3.63) is 60.2 Å². The molecule has 3 atom stereocenters. The van der Waals surface area contributed by atoms with Gasteiger partial charge in [-0.05, 0) is 29.7 Å². The number of carbonyl (C=O) groups excluding carboxylic acids is 2. The van der Waals surface area contributed by atoms with E-state index in [2.05, 4.69) is 0 Å². The SMILES string of the molecule is CC1(C)[C@H](C=O)[C@H]1C(=O)OC(C#N)c1cccc(Oc2ccccc2)c1. The standard InChI is InChI=1S/C21H19NO4/c1-21(2)17(13-23)19(21)20(24)26-18(12-22)14-7-6-10-16(11-14)25-15-8-4-3-5-9-15/h3-11,13,17-19H,1-2H3/t17-,18?,19+/m1/s1. The lowest BCUT2D eigenvalue weighted by Gasteiger charge is -2.13. The van der Waals surface area contributed by atoms with E-state index in [1.165, 1.54) is 0 Å². The van der Waals surface area contributed by atoms with Crippen molar-refractivity contribution in [2.75, 3.05) is 0 Å². The molecule has 0 saturated heterocycles. The zero-order valence-corrected chi connectivity index (χ0v) is 14.6. The van der Waals surface area contributed by atoms with Gasteiger partial charge in [0.2, 0.25) is 6.10 Å². The molecule has 0 aromatic heterocycles. The molecule has 1 fully saturated rings. The fraction of sp³-hybridized carbons (Fsp3) is 0.286. The van der Waals surface area contributed by atoms with Crippen molar-refractivity contribution in [3.63, 3.8) is 0 Å². The molecule has 1 unspecified atom stereocenters. The van der Waals surface area contributed by atoms with E-state index >= 15 is 0 Å². The number of rotatable bonds is 6. The van der Waals surface area contributed by atoms with E-state index in [-0.39, 0.29) is 5.92 Å². The van der Waals surface area contributed by atoms with Gasteiger partial charge in [-0.2, -0.15) is 5.26 Å². The number of esters is 1. The summed E-state index contributed by atoms with van der Waals surface area (Å²) in [6, 6.07) is 18.1. The van der Waals surface area contributed by atoms with Crippen LogP contribution in [0.3, 0.4) is 0 Å². The minimum Gasteiger partial charge on any atom is -0.457 e. The van der Waals surface area contributed by atoms with Gasteiger partial charge >= 0.3 is 5.97 Å². The third kappa shape index (κ3) is 3.45. The molecule has 0 amide bonds. The first kappa shape index (κ1) is 17.7. The predicted molar refractivity (Wildman–Crippen MR) is 94.2 cm³/mol. The fourth-order valence-corrected chi connectivity index (χ4v) is 3.11. The lowest BCUT2D eigenvalue weighted by atomic mass is 10.1. The van der Waals surface area contributed by atoms with Crippen LogP contribution in [0, 0.1) is 28.6 Å². The summed E-state index contributed by atoms with van der Waals surface area (Å²) in [5.41, 5.74) is 0.104. The molecule has 1 aliphatic rings. The third-order valence-corrected chi connectivity index (χ3v) is 4.80. The minimum absolute atomic E-state index is 0.359. The summed E-state index contributed by atoms with van der Waals surface area (Å²) in [6.07, 6.45) is -0.271. The Bertz CT molecular complexity index is 854. The lowest BCUT2D eigenvalue weighted by molar-refractivity contribution is -0.149. The number of ether oxygens (including phenoxy) is 2. The van der Waals surface area contributed by atoms with Gasteiger partial charge < -0.3 is 14.3 Å². The Morgan fingerprint density at radius 2 is 1.85 bits per heavy atom. The van der Waals surface area contributed by atoms with Gasteiger partial charge in [-0.15, -0.1) is 0 Å². The molecule has 0 heterocycles. The Hall–Kier alpha value is -3.13. The molecule has 1 saturated carbocycles. The molecular weight excluding hydrogens is 330 g/mol. The maximum Gasteiger partial charge on any atom is 0.311 e. The molecule has 2 aromatic rings. The lowest BCUT2D eigenvalue weighted by Crippen LogP contribution is -2.14. The summed E-state index contributed by atoms with van der Waals surface area (Å²) in [6.45, 7) is 3.68. The Balaban J connectivity index is 1.73. The number of carbonyl (C=O) groups is 2. The highest BCUT2D eigenvalue weighted by Gasteiger charge is 2.63. The maximum absolute atomic E-state index is 12.3. The van der Waals surface area contributed by atoms with Crippen molar-refractivity contribution in [1.82, 2.24) is 0 Å². The highest BCUT2D eigenvalue weighted by Crippen LogP contribution is 2.57. The highest BCUT2D eigenvalue weighted by atomic mass is 16.5. The van der Waals surface area contributed by atoms with Gasteiger partial charge in [-0.1, -0.05) is 44.2 Å². The quantitative estimate of drug-likeness (QED) is 0.581. The number of para-hydroxylation sites is 1. The Morgan fingerprint density at radius 1 is 1.15 bits per heavy atom. The van der Waals surface area contributed by atoms with Crippen LogP contribution in [0.2, 0.25) is 0 Å². The molecule has 2 aromatic carbocycles. The average Bonchev–Trinajstić information content (AvgIpc) is 3.21. The van der Waals surface area contributed by atoms with Gasteiger partial charge in [0.15, 0.2) is 0 Å². The second-order valence-corrected chi connectivity index (χ2v) is 6.89. The van der Waals surface area contributed by atoms with E-state index in [4.69, 9.17) is 9.47 Å². The van der Waals surface area contributed by atoms with Gasteiger partial charge in [-0.25, -0.2) is 0 Å². The van der Waals surface area contributed by atoms with Gasteiger partial charge in [0.05, 0.1) is 5.92 Å². The second kappa shape index (κ2) is 7.01. The first-order valence-electron chi connectivity index (χ1n) is 8.35. The van der Waals surface area contributed by atoms with E-state index in [1.807, 2.05) is 50.2 Å². The Labute approximate surface area is 152 Å². The molecule has 0 radical (unpaired) electrons.